The summed E-state index contributed by atoms with van der Waals surface area (Å²) >= 11 is 1.77. The molecule has 0 aliphatic rings. The number of benzene rings is 2. The third kappa shape index (κ3) is 3.12. The molecule has 0 fully saturated rings. The minimum Gasteiger partial charge on any atom is -0.465 e. The molecule has 110 valence electrons. The van der Waals surface area contributed by atoms with Crippen LogP contribution in [0.2, 0.25) is 0 Å². The third-order valence-corrected chi connectivity index (χ3v) is 4.52. The number of para-hydroxylation sites is 1. The van der Waals surface area contributed by atoms with Crippen molar-refractivity contribution in [3.63, 3.8) is 0 Å². The number of pyridine rings is 1. The third-order valence-electron chi connectivity index (χ3n) is 3.38. The molecule has 2 aromatic carbocycles. The van der Waals surface area contributed by atoms with Gasteiger partial charge in [0.15, 0.2) is 0 Å². The highest BCUT2D eigenvalue weighted by Crippen LogP contribution is 2.29. The molecule has 0 aliphatic carbocycles. The van der Waals surface area contributed by atoms with Crippen molar-refractivity contribution in [2.75, 3.05) is 7.11 Å². The van der Waals surface area contributed by atoms with Gasteiger partial charge in [0.2, 0.25) is 0 Å². The Labute approximate surface area is 133 Å². The van der Waals surface area contributed by atoms with Gasteiger partial charge in [-0.1, -0.05) is 30.3 Å². The molecule has 4 heteroatoms. The predicted octanol–water partition coefficient (Wildman–Crippen LogP) is 4.31. The van der Waals surface area contributed by atoms with E-state index in [1.807, 2.05) is 42.6 Å². The Morgan fingerprint density at radius 3 is 2.64 bits per heavy atom. The summed E-state index contributed by atoms with van der Waals surface area (Å²) in [6.07, 6.45) is 1.84. The van der Waals surface area contributed by atoms with Gasteiger partial charge in [0.25, 0.3) is 0 Å². The first-order valence-corrected chi connectivity index (χ1v) is 7.90. The molecule has 22 heavy (non-hydrogen) atoms. The fourth-order valence-corrected chi connectivity index (χ4v) is 3.21. The number of rotatable bonds is 4. The topological polar surface area (TPSA) is 39.2 Å². The second kappa shape index (κ2) is 6.62. The molecule has 0 saturated carbocycles. The van der Waals surface area contributed by atoms with Crippen LogP contribution in [0.5, 0.6) is 0 Å². The second-order valence-electron chi connectivity index (χ2n) is 4.80. The molecule has 0 aliphatic heterocycles. The van der Waals surface area contributed by atoms with Gasteiger partial charge in [-0.05, 0) is 29.8 Å². The fraction of sp³-hybridized carbons (Fsp3) is 0.111. The smallest absolute Gasteiger partial charge is 0.337 e. The van der Waals surface area contributed by atoms with Crippen molar-refractivity contribution in [3.8, 4) is 0 Å². The monoisotopic (exact) mass is 309 g/mol. The zero-order chi connectivity index (χ0) is 15.4. The van der Waals surface area contributed by atoms with E-state index in [0.717, 1.165) is 11.3 Å². The molecule has 0 bridgehead atoms. The van der Waals surface area contributed by atoms with Crippen LogP contribution in [0.4, 0.5) is 0 Å². The van der Waals surface area contributed by atoms with Crippen LogP contribution in [-0.4, -0.2) is 18.1 Å². The average Bonchev–Trinajstić information content (AvgIpc) is 2.59. The van der Waals surface area contributed by atoms with Gasteiger partial charge in [-0.15, -0.1) is 11.8 Å². The highest BCUT2D eigenvalue weighted by atomic mass is 32.2. The molecule has 0 amide bonds. The second-order valence-corrected chi connectivity index (χ2v) is 5.82. The van der Waals surface area contributed by atoms with Crippen molar-refractivity contribution in [1.82, 2.24) is 4.98 Å². The Hall–Kier alpha value is -2.33. The van der Waals surface area contributed by atoms with Crippen molar-refractivity contribution < 1.29 is 9.53 Å². The molecule has 1 aromatic heterocycles. The van der Waals surface area contributed by atoms with E-state index in [0.29, 0.717) is 5.56 Å². The lowest BCUT2D eigenvalue weighted by Gasteiger charge is -2.06. The molecular formula is C18H15NO2S. The number of carbonyl (C=O) groups is 1. The Kier molecular flexibility index (Phi) is 4.39. The zero-order valence-electron chi connectivity index (χ0n) is 12.2. The van der Waals surface area contributed by atoms with Gasteiger partial charge in [-0.25, -0.2) is 4.79 Å². The summed E-state index contributed by atoms with van der Waals surface area (Å²) in [5.41, 5.74) is 2.75. The van der Waals surface area contributed by atoms with E-state index in [1.54, 1.807) is 23.9 Å². The van der Waals surface area contributed by atoms with Crippen molar-refractivity contribution in [3.05, 3.63) is 71.9 Å². The van der Waals surface area contributed by atoms with Crippen LogP contribution in [0.15, 0.2) is 65.7 Å². The summed E-state index contributed by atoms with van der Waals surface area (Å²) < 4.78 is 4.70. The first kappa shape index (κ1) is 14.6. The predicted molar refractivity (Wildman–Crippen MR) is 89.1 cm³/mol. The molecule has 3 nitrogen and oxygen atoms in total. The van der Waals surface area contributed by atoms with Crippen LogP contribution in [0, 0.1) is 0 Å². The zero-order valence-corrected chi connectivity index (χ0v) is 13.0. The summed E-state index contributed by atoms with van der Waals surface area (Å²) in [4.78, 5) is 17.0. The van der Waals surface area contributed by atoms with Crippen molar-refractivity contribution >= 4 is 28.6 Å². The van der Waals surface area contributed by atoms with Crippen molar-refractivity contribution in [2.24, 2.45) is 0 Å². The normalized spacial score (nSPS) is 10.6. The molecule has 0 N–H and O–H groups in total. The Morgan fingerprint density at radius 1 is 1.09 bits per heavy atom. The quantitative estimate of drug-likeness (QED) is 0.531. The molecule has 0 unspecified atom stereocenters. The summed E-state index contributed by atoms with van der Waals surface area (Å²) in [6.45, 7) is 0. The Balaban J connectivity index is 1.75. The minimum atomic E-state index is -0.306. The molecule has 3 aromatic rings. The van der Waals surface area contributed by atoms with Gasteiger partial charge < -0.3 is 4.74 Å². The molecule has 0 atom stereocenters. The maximum atomic E-state index is 11.4. The molecule has 3 rings (SSSR count). The van der Waals surface area contributed by atoms with Crippen LogP contribution in [0.3, 0.4) is 0 Å². The van der Waals surface area contributed by atoms with Gasteiger partial charge in [0, 0.05) is 22.2 Å². The number of hydrogen-bond donors (Lipinski definition) is 0. The number of hydrogen-bond acceptors (Lipinski definition) is 4. The summed E-state index contributed by atoms with van der Waals surface area (Å²) in [5, 5.41) is 1.17. The largest absolute Gasteiger partial charge is 0.465 e. The molecule has 0 spiro atoms. The van der Waals surface area contributed by atoms with E-state index in [4.69, 9.17) is 4.74 Å². The fourth-order valence-electron chi connectivity index (χ4n) is 2.21. The van der Waals surface area contributed by atoms with Gasteiger partial charge in [-0.3, -0.25) is 4.98 Å². The van der Waals surface area contributed by atoms with Crippen LogP contribution >= 0.6 is 11.8 Å². The lowest BCUT2D eigenvalue weighted by molar-refractivity contribution is 0.0600. The molecular weight excluding hydrogens is 294 g/mol. The summed E-state index contributed by atoms with van der Waals surface area (Å²) in [5.74, 6) is 0.537. The van der Waals surface area contributed by atoms with Gasteiger partial charge in [0.05, 0.1) is 18.2 Å². The van der Waals surface area contributed by atoms with E-state index in [1.165, 1.54) is 23.0 Å². The standard InChI is InChI=1S/C18H15NO2S/c1-21-18(20)14-8-6-13(7-9-14)12-22-17-10-11-19-16-5-3-2-4-15(16)17/h2-11H,12H2,1H3. The summed E-state index contributed by atoms with van der Waals surface area (Å²) in [7, 11) is 1.39. The first-order chi connectivity index (χ1) is 10.8. The number of thioether (sulfide) groups is 1. The lowest BCUT2D eigenvalue weighted by atomic mass is 10.1. The van der Waals surface area contributed by atoms with Crippen LogP contribution < -0.4 is 0 Å². The number of nitrogens with zero attached hydrogens (tertiary/aromatic N) is 1. The van der Waals surface area contributed by atoms with Gasteiger partial charge in [-0.2, -0.15) is 0 Å². The molecule has 0 saturated heterocycles. The summed E-state index contributed by atoms with van der Waals surface area (Å²) in [6, 6.07) is 17.7. The van der Waals surface area contributed by atoms with Gasteiger partial charge >= 0.3 is 5.97 Å². The number of methoxy groups -OCH3 is 1. The Bertz CT molecular complexity index is 794. The molecule has 1 heterocycles. The maximum absolute atomic E-state index is 11.4. The van der Waals surface area contributed by atoms with Crippen LogP contribution in [0.25, 0.3) is 10.9 Å². The number of carbonyl (C=O) groups excluding carboxylic acids is 1. The van der Waals surface area contributed by atoms with E-state index in [2.05, 4.69) is 11.1 Å². The number of ether oxygens (including phenoxy) is 1. The number of esters is 1. The van der Waals surface area contributed by atoms with E-state index in [-0.39, 0.29) is 5.97 Å². The highest BCUT2D eigenvalue weighted by molar-refractivity contribution is 7.98. The first-order valence-electron chi connectivity index (χ1n) is 6.92. The number of fused-ring (bicyclic) bond motifs is 1. The Morgan fingerprint density at radius 2 is 1.86 bits per heavy atom. The highest BCUT2D eigenvalue weighted by Gasteiger charge is 2.06. The van der Waals surface area contributed by atoms with Crippen molar-refractivity contribution in [2.45, 2.75) is 10.6 Å². The maximum Gasteiger partial charge on any atom is 0.337 e. The lowest BCUT2D eigenvalue weighted by Crippen LogP contribution is -2.00. The van der Waals surface area contributed by atoms with Crippen molar-refractivity contribution in [1.29, 1.82) is 0 Å². The van der Waals surface area contributed by atoms with E-state index >= 15 is 0 Å². The van der Waals surface area contributed by atoms with Gasteiger partial charge in [0.1, 0.15) is 0 Å². The van der Waals surface area contributed by atoms with E-state index < -0.39 is 0 Å². The number of aromatic nitrogens is 1. The minimum absolute atomic E-state index is 0.306. The average molecular weight is 309 g/mol. The van der Waals surface area contributed by atoms with Crippen LogP contribution in [-0.2, 0) is 10.5 Å². The SMILES string of the molecule is COC(=O)c1ccc(CSc2ccnc3ccccc23)cc1. The van der Waals surface area contributed by atoms with Crippen LogP contribution in [0.1, 0.15) is 15.9 Å². The molecule has 0 radical (unpaired) electrons. The van der Waals surface area contributed by atoms with E-state index in [9.17, 15) is 4.79 Å².